The molecule has 0 fully saturated rings. The van der Waals surface area contributed by atoms with Gasteiger partial charge in [0.05, 0.1) is 6.42 Å². The first-order chi connectivity index (χ1) is 7.50. The molecule has 1 unspecified atom stereocenters. The lowest BCUT2D eigenvalue weighted by Gasteiger charge is -2.15. The summed E-state index contributed by atoms with van der Waals surface area (Å²) in [6.45, 7) is 1.29. The van der Waals surface area contributed by atoms with Crippen molar-refractivity contribution in [1.82, 2.24) is 0 Å². The number of hydrogen-bond acceptors (Lipinski definition) is 4. The van der Waals surface area contributed by atoms with Crippen LogP contribution in [0.5, 0.6) is 0 Å². The van der Waals surface area contributed by atoms with Crippen LogP contribution < -0.4 is 10.5 Å². The van der Waals surface area contributed by atoms with E-state index in [2.05, 4.69) is 5.32 Å². The quantitative estimate of drug-likeness (QED) is 0.496. The third-order valence-corrected chi connectivity index (χ3v) is 1.84. The fraction of sp³-hybridized carbons (Fsp3) is 0.200. The number of carbonyl (C=O) groups is 2. The zero-order valence-electron chi connectivity index (χ0n) is 8.69. The molecule has 1 aromatic carbocycles. The summed E-state index contributed by atoms with van der Waals surface area (Å²) in [7, 11) is 0. The minimum Gasteiger partial charge on any atom is -0.595 e. The number of Topliss-reactive ketones (excluding diaryl/α,β-unsaturated/α-hetero) is 1. The molecule has 0 bridgehead atoms. The number of quaternary nitrogens is 1. The van der Waals surface area contributed by atoms with E-state index in [0.717, 1.165) is 0 Å². The van der Waals surface area contributed by atoms with Gasteiger partial charge >= 0.3 is 0 Å². The number of benzene rings is 1. The molecular weight excluding hydrogens is 212 g/mol. The van der Waals surface area contributed by atoms with Crippen LogP contribution in [0.15, 0.2) is 24.3 Å². The van der Waals surface area contributed by atoms with E-state index in [1.807, 2.05) is 0 Å². The third-order valence-electron chi connectivity index (χ3n) is 1.84. The molecule has 1 atom stereocenters. The van der Waals surface area contributed by atoms with Crippen LogP contribution >= 0.6 is 0 Å². The van der Waals surface area contributed by atoms with Gasteiger partial charge in [0.15, 0.2) is 5.69 Å². The minimum absolute atomic E-state index is 0.000554. The van der Waals surface area contributed by atoms with E-state index in [1.165, 1.54) is 19.1 Å². The second kappa shape index (κ2) is 5.36. The molecule has 0 aliphatic rings. The van der Waals surface area contributed by atoms with Gasteiger partial charge < -0.3 is 10.5 Å². The first-order valence-corrected chi connectivity index (χ1v) is 4.62. The van der Waals surface area contributed by atoms with Crippen LogP contribution in [0.3, 0.4) is 0 Å². The monoisotopic (exact) mass is 224 g/mol. The first-order valence-electron chi connectivity index (χ1n) is 4.62. The lowest BCUT2D eigenvalue weighted by molar-refractivity contribution is -0.990. The molecule has 0 saturated heterocycles. The van der Waals surface area contributed by atoms with Crippen LogP contribution in [0, 0.1) is 5.21 Å². The van der Waals surface area contributed by atoms with Crippen LogP contribution in [0.4, 0.5) is 11.4 Å². The van der Waals surface area contributed by atoms with E-state index in [-0.39, 0.29) is 23.6 Å². The van der Waals surface area contributed by atoms with E-state index >= 15 is 0 Å². The number of ketones is 1. The van der Waals surface area contributed by atoms with Crippen LogP contribution in [-0.2, 0) is 9.59 Å². The SMILES string of the molecule is CC(=O)CC(=O)Nc1ccccc1[NH+]([O-])O. The number of anilines is 1. The number of hydrogen-bond donors (Lipinski definition) is 3. The smallest absolute Gasteiger partial charge is 0.231 e. The highest BCUT2D eigenvalue weighted by Gasteiger charge is 2.11. The summed E-state index contributed by atoms with van der Waals surface area (Å²) >= 11 is 0. The Morgan fingerprint density at radius 1 is 1.44 bits per heavy atom. The standard InChI is InChI=1S/C10H12N2O4/c1-7(13)6-10(14)11-8-4-2-3-5-9(8)12(15)16/h2-5,12,15H,6H2,1H3,(H,11,14). The van der Waals surface area contributed by atoms with Gasteiger partial charge in [-0.1, -0.05) is 12.1 Å². The maximum absolute atomic E-state index is 11.3. The van der Waals surface area contributed by atoms with Crippen molar-refractivity contribution in [3.05, 3.63) is 29.5 Å². The van der Waals surface area contributed by atoms with Crippen LogP contribution in [0.2, 0.25) is 0 Å². The van der Waals surface area contributed by atoms with Gasteiger partial charge in [-0.2, -0.15) is 5.23 Å². The molecule has 0 aromatic heterocycles. The highest BCUT2D eigenvalue weighted by molar-refractivity contribution is 6.04. The molecule has 0 aliphatic heterocycles. The van der Waals surface area contributed by atoms with Crippen LogP contribution in [0.1, 0.15) is 13.3 Å². The second-order valence-electron chi connectivity index (χ2n) is 3.28. The summed E-state index contributed by atoms with van der Waals surface area (Å²) in [5.41, 5.74) is 0.195. The molecule has 0 aliphatic carbocycles. The third kappa shape index (κ3) is 3.43. The number of rotatable bonds is 4. The maximum atomic E-state index is 11.3. The zero-order chi connectivity index (χ0) is 12.1. The number of amides is 1. The van der Waals surface area contributed by atoms with Gasteiger partial charge in [0.2, 0.25) is 5.91 Å². The summed E-state index contributed by atoms with van der Waals surface area (Å²) < 4.78 is 0. The highest BCUT2D eigenvalue weighted by Crippen LogP contribution is 2.16. The summed E-state index contributed by atoms with van der Waals surface area (Å²) in [5.74, 6) is -0.786. The average molecular weight is 224 g/mol. The molecule has 1 rings (SSSR count). The van der Waals surface area contributed by atoms with Crippen molar-refractivity contribution in [2.75, 3.05) is 5.32 Å². The molecule has 1 aromatic rings. The predicted molar refractivity (Wildman–Crippen MR) is 56.1 cm³/mol. The normalized spacial score (nSPS) is 11.9. The molecule has 1 amide bonds. The molecule has 0 spiro atoms. The van der Waals surface area contributed by atoms with Gasteiger partial charge in [0, 0.05) is 6.07 Å². The van der Waals surface area contributed by atoms with Crippen molar-refractivity contribution >= 4 is 23.1 Å². The van der Waals surface area contributed by atoms with Gasteiger partial charge in [-0.3, -0.25) is 9.59 Å². The van der Waals surface area contributed by atoms with E-state index in [0.29, 0.717) is 0 Å². The van der Waals surface area contributed by atoms with Gasteiger partial charge in [0.25, 0.3) is 0 Å². The van der Waals surface area contributed by atoms with E-state index < -0.39 is 11.1 Å². The number of nitrogens with one attached hydrogen (secondary N) is 2. The fourth-order valence-corrected chi connectivity index (χ4v) is 1.20. The fourth-order valence-electron chi connectivity index (χ4n) is 1.20. The van der Waals surface area contributed by atoms with E-state index in [9.17, 15) is 14.8 Å². The largest absolute Gasteiger partial charge is 0.595 e. The number of para-hydroxylation sites is 2. The van der Waals surface area contributed by atoms with Gasteiger partial charge in [-0.05, 0) is 13.0 Å². The Balaban J connectivity index is 2.80. The van der Waals surface area contributed by atoms with Crippen molar-refractivity contribution in [3.8, 4) is 0 Å². The summed E-state index contributed by atoms with van der Waals surface area (Å²) in [4.78, 5) is 22.0. The number of carbonyl (C=O) groups excluding carboxylic acids is 2. The summed E-state index contributed by atoms with van der Waals surface area (Å²) in [6, 6.07) is 6.02. The lowest BCUT2D eigenvalue weighted by atomic mass is 10.2. The van der Waals surface area contributed by atoms with Crippen molar-refractivity contribution in [2.24, 2.45) is 0 Å². The van der Waals surface area contributed by atoms with Crippen LogP contribution in [0.25, 0.3) is 0 Å². The predicted octanol–water partition coefficient (Wildman–Crippen LogP) is 0.00760. The zero-order valence-corrected chi connectivity index (χ0v) is 8.69. The van der Waals surface area contributed by atoms with Gasteiger partial charge in [-0.25, -0.2) is 5.21 Å². The maximum Gasteiger partial charge on any atom is 0.231 e. The van der Waals surface area contributed by atoms with E-state index in [4.69, 9.17) is 5.21 Å². The highest BCUT2D eigenvalue weighted by atomic mass is 16.8. The molecule has 0 heterocycles. The Morgan fingerprint density at radius 3 is 2.62 bits per heavy atom. The molecule has 6 heteroatoms. The molecule has 86 valence electrons. The molecule has 3 N–H and O–H groups in total. The second-order valence-corrected chi connectivity index (χ2v) is 3.28. The minimum atomic E-state index is -1.13. The summed E-state index contributed by atoms with van der Waals surface area (Å²) in [6.07, 6.45) is -0.256. The molecule has 16 heavy (non-hydrogen) atoms. The first kappa shape index (κ1) is 12.3. The Labute approximate surface area is 92.0 Å². The molecule has 0 saturated carbocycles. The molecule has 6 nitrogen and oxygen atoms in total. The average Bonchev–Trinajstić information content (AvgIpc) is 2.16. The summed E-state index contributed by atoms with van der Waals surface area (Å²) in [5, 5.41) is 20.9. The Morgan fingerprint density at radius 2 is 2.06 bits per heavy atom. The van der Waals surface area contributed by atoms with Crippen molar-refractivity contribution in [2.45, 2.75) is 13.3 Å². The van der Waals surface area contributed by atoms with Gasteiger partial charge in [0.1, 0.15) is 11.5 Å². The van der Waals surface area contributed by atoms with Crippen molar-refractivity contribution in [3.63, 3.8) is 0 Å². The molecule has 0 radical (unpaired) electrons. The Kier molecular flexibility index (Phi) is 4.12. The lowest BCUT2D eigenvalue weighted by Crippen LogP contribution is -2.99. The van der Waals surface area contributed by atoms with E-state index in [1.54, 1.807) is 12.1 Å². The van der Waals surface area contributed by atoms with Crippen molar-refractivity contribution in [1.29, 1.82) is 0 Å². The van der Waals surface area contributed by atoms with Gasteiger partial charge in [-0.15, -0.1) is 0 Å². The Hall–Kier alpha value is -1.76. The molecular formula is C10H12N2O4. The topological polar surface area (TPSA) is 93.9 Å². The Bertz CT molecular complexity index is 404. The van der Waals surface area contributed by atoms with Crippen molar-refractivity contribution < 1.29 is 20.0 Å². The van der Waals surface area contributed by atoms with Crippen LogP contribution in [-0.4, -0.2) is 16.9 Å².